The predicted molar refractivity (Wildman–Crippen MR) is 121 cm³/mol. The molecule has 0 heterocycles. The summed E-state index contributed by atoms with van der Waals surface area (Å²) in [5, 5.41) is 20.8. The van der Waals surface area contributed by atoms with Crippen molar-refractivity contribution in [2.75, 3.05) is 0 Å². The maximum Gasteiger partial charge on any atom is 0.303 e. The number of benzene rings is 1. The van der Waals surface area contributed by atoms with Crippen LogP contribution in [0.4, 0.5) is 0 Å². The first-order chi connectivity index (χ1) is 15.5. The smallest absolute Gasteiger partial charge is 0.303 e. The number of primary amides is 1. The quantitative estimate of drug-likeness (QED) is 0.292. The summed E-state index contributed by atoms with van der Waals surface area (Å²) >= 11 is 0. The number of hydrogen-bond donors (Lipinski definition) is 4. The number of aliphatic carboxylic acids is 1. The zero-order valence-corrected chi connectivity index (χ0v) is 19.2. The average Bonchev–Trinajstić information content (AvgIpc) is 2.73. The zero-order chi connectivity index (χ0) is 25.0. The Labute approximate surface area is 193 Å². The van der Waals surface area contributed by atoms with E-state index in [1.165, 1.54) is 0 Å². The van der Waals surface area contributed by atoms with Crippen LogP contribution in [0.15, 0.2) is 24.3 Å². The molecule has 0 radical (unpaired) electrons. The van der Waals surface area contributed by atoms with Crippen molar-refractivity contribution in [3.8, 4) is 5.75 Å². The number of nitrogens with one attached hydrogen (secondary N) is 1. The summed E-state index contributed by atoms with van der Waals surface area (Å²) in [4.78, 5) is 59.9. The van der Waals surface area contributed by atoms with Gasteiger partial charge in [-0.3, -0.25) is 24.0 Å². The fraction of sp³-hybridized carbons (Fsp3) is 0.542. The molecule has 0 aromatic heterocycles. The molecular weight excluding hydrogens is 428 g/mol. The van der Waals surface area contributed by atoms with E-state index in [1.54, 1.807) is 24.3 Å². The Bertz CT molecular complexity index is 834. The number of aryl methyl sites for hydroxylation is 1. The molecule has 0 saturated carbocycles. The Morgan fingerprint density at radius 3 is 2.15 bits per heavy atom. The number of phenols is 1. The van der Waals surface area contributed by atoms with Gasteiger partial charge >= 0.3 is 5.97 Å². The van der Waals surface area contributed by atoms with Crippen LogP contribution in [0.3, 0.4) is 0 Å². The van der Waals surface area contributed by atoms with E-state index in [0.29, 0.717) is 12.8 Å². The minimum Gasteiger partial charge on any atom is -0.508 e. The lowest BCUT2D eigenvalue weighted by Gasteiger charge is -2.23. The van der Waals surface area contributed by atoms with Gasteiger partial charge in [0, 0.05) is 31.6 Å². The molecule has 182 valence electrons. The van der Waals surface area contributed by atoms with Crippen molar-refractivity contribution in [3.05, 3.63) is 29.8 Å². The van der Waals surface area contributed by atoms with Crippen LogP contribution in [0.25, 0.3) is 0 Å². The molecule has 0 fully saturated rings. The first kappa shape index (κ1) is 27.8. The van der Waals surface area contributed by atoms with Gasteiger partial charge in [0.2, 0.25) is 11.8 Å². The monoisotopic (exact) mass is 462 g/mol. The van der Waals surface area contributed by atoms with E-state index in [-0.39, 0.29) is 56.0 Å². The Morgan fingerprint density at radius 1 is 0.970 bits per heavy atom. The molecule has 5 N–H and O–H groups in total. The Balaban J connectivity index is 2.80. The van der Waals surface area contributed by atoms with E-state index >= 15 is 0 Å². The normalized spacial score (nSPS) is 12.7. The molecule has 1 rings (SSSR count). The van der Waals surface area contributed by atoms with Gasteiger partial charge in [0.05, 0.1) is 12.5 Å². The predicted octanol–water partition coefficient (Wildman–Crippen LogP) is 2.13. The molecule has 0 spiro atoms. The van der Waals surface area contributed by atoms with Gasteiger partial charge in [-0.05, 0) is 42.9 Å². The van der Waals surface area contributed by atoms with Gasteiger partial charge in [0.15, 0.2) is 5.78 Å². The summed E-state index contributed by atoms with van der Waals surface area (Å²) in [7, 11) is 0. The number of amides is 2. The molecule has 1 unspecified atom stereocenters. The fourth-order valence-electron chi connectivity index (χ4n) is 3.47. The third-order valence-corrected chi connectivity index (χ3v) is 5.20. The number of carboxylic acids is 1. The van der Waals surface area contributed by atoms with Gasteiger partial charge in [-0.1, -0.05) is 26.0 Å². The van der Waals surface area contributed by atoms with Gasteiger partial charge in [0.25, 0.3) is 0 Å². The molecule has 2 atom stereocenters. The molecule has 9 heteroatoms. The minimum atomic E-state index is -1.14. The highest BCUT2D eigenvalue weighted by atomic mass is 16.4. The summed E-state index contributed by atoms with van der Waals surface area (Å²) in [6.45, 7) is 3.84. The number of ketones is 2. The van der Waals surface area contributed by atoms with E-state index in [4.69, 9.17) is 10.8 Å². The molecule has 0 aliphatic rings. The molecule has 0 aliphatic carbocycles. The number of Topliss-reactive ketones (excluding diaryl/α,β-unsaturated/α-hetero) is 2. The van der Waals surface area contributed by atoms with Gasteiger partial charge in [-0.15, -0.1) is 0 Å². The highest BCUT2D eigenvalue weighted by Crippen LogP contribution is 2.19. The highest BCUT2D eigenvalue weighted by molar-refractivity contribution is 5.93. The molecule has 0 saturated heterocycles. The van der Waals surface area contributed by atoms with Crippen molar-refractivity contribution < 1.29 is 34.2 Å². The third-order valence-electron chi connectivity index (χ3n) is 5.20. The number of phenolic OH excluding ortho intramolecular Hbond substituents is 1. The maximum atomic E-state index is 12.9. The summed E-state index contributed by atoms with van der Waals surface area (Å²) < 4.78 is 0. The van der Waals surface area contributed by atoms with Crippen LogP contribution in [0.1, 0.15) is 64.4 Å². The fourth-order valence-corrected chi connectivity index (χ4v) is 3.47. The molecule has 0 bridgehead atoms. The molecule has 0 aliphatic heterocycles. The van der Waals surface area contributed by atoms with Crippen molar-refractivity contribution in [1.29, 1.82) is 0 Å². The average molecular weight is 463 g/mol. The minimum absolute atomic E-state index is 0.00789. The summed E-state index contributed by atoms with van der Waals surface area (Å²) in [5.41, 5.74) is 6.05. The van der Waals surface area contributed by atoms with Gasteiger partial charge < -0.3 is 21.3 Å². The summed E-state index contributed by atoms with van der Waals surface area (Å²) in [5.74, 6) is -3.23. The molecule has 1 aromatic rings. The molecular formula is C24H34N2O7. The number of rotatable bonds is 16. The van der Waals surface area contributed by atoms with Crippen molar-refractivity contribution in [1.82, 2.24) is 5.32 Å². The van der Waals surface area contributed by atoms with Crippen LogP contribution in [0.2, 0.25) is 0 Å². The SMILES string of the molecule is CC(C)C[C@H](CC(=O)CCc1ccc(O)cc1)C(=O)NC(CCC(N)=O)C(=O)CCC(=O)O. The standard InChI is InChI=1S/C24H34N2O7/c1-15(2)13-17(14-19(28)8-5-16-3-6-18(27)7-4-16)24(33)26-20(9-11-22(25)30)21(29)10-12-23(31)32/h3-4,6-7,15,17,20,27H,5,8-14H2,1-2H3,(H2,25,30)(H,26,33)(H,31,32)/t17-,20?/m1/s1. The van der Waals surface area contributed by atoms with E-state index in [2.05, 4.69) is 5.32 Å². The summed E-state index contributed by atoms with van der Waals surface area (Å²) in [6, 6.07) is 5.51. The lowest BCUT2D eigenvalue weighted by molar-refractivity contribution is -0.139. The van der Waals surface area contributed by atoms with Crippen molar-refractivity contribution in [2.45, 2.75) is 71.3 Å². The zero-order valence-electron chi connectivity index (χ0n) is 19.2. The topological polar surface area (TPSA) is 164 Å². The lowest BCUT2D eigenvalue weighted by atomic mass is 9.89. The number of hydrogen-bond acceptors (Lipinski definition) is 6. The Hall–Kier alpha value is -3.23. The number of aromatic hydroxyl groups is 1. The van der Waals surface area contributed by atoms with E-state index in [9.17, 15) is 29.1 Å². The maximum absolute atomic E-state index is 12.9. The largest absolute Gasteiger partial charge is 0.508 e. The number of carbonyl (C=O) groups is 5. The first-order valence-electron chi connectivity index (χ1n) is 11.1. The number of carboxylic acid groups (broad SMARTS) is 1. The van der Waals surface area contributed by atoms with E-state index in [0.717, 1.165) is 5.56 Å². The van der Waals surface area contributed by atoms with Gasteiger partial charge in [-0.2, -0.15) is 0 Å². The lowest BCUT2D eigenvalue weighted by Crippen LogP contribution is -2.45. The van der Waals surface area contributed by atoms with Crippen molar-refractivity contribution in [3.63, 3.8) is 0 Å². The van der Waals surface area contributed by atoms with Crippen molar-refractivity contribution in [2.24, 2.45) is 17.6 Å². The Kier molecular flexibility index (Phi) is 11.8. The first-order valence-corrected chi connectivity index (χ1v) is 11.1. The van der Waals surface area contributed by atoms with Crippen LogP contribution in [0.5, 0.6) is 5.75 Å². The second-order valence-electron chi connectivity index (χ2n) is 8.66. The van der Waals surface area contributed by atoms with Crippen LogP contribution in [-0.4, -0.2) is 45.6 Å². The van der Waals surface area contributed by atoms with Crippen LogP contribution < -0.4 is 11.1 Å². The van der Waals surface area contributed by atoms with Gasteiger partial charge in [-0.25, -0.2) is 0 Å². The molecule has 2 amide bonds. The third kappa shape index (κ3) is 11.8. The van der Waals surface area contributed by atoms with Crippen LogP contribution in [-0.2, 0) is 30.4 Å². The molecule has 33 heavy (non-hydrogen) atoms. The van der Waals surface area contributed by atoms with Crippen LogP contribution >= 0.6 is 0 Å². The van der Waals surface area contributed by atoms with Crippen LogP contribution in [0, 0.1) is 11.8 Å². The number of nitrogens with two attached hydrogens (primary N) is 1. The van der Waals surface area contributed by atoms with E-state index in [1.807, 2.05) is 13.8 Å². The Morgan fingerprint density at radius 2 is 1.61 bits per heavy atom. The second kappa shape index (κ2) is 14.0. The second-order valence-corrected chi connectivity index (χ2v) is 8.66. The molecule has 1 aromatic carbocycles. The van der Waals surface area contributed by atoms with Crippen molar-refractivity contribution >= 4 is 29.4 Å². The highest BCUT2D eigenvalue weighted by Gasteiger charge is 2.28. The summed E-state index contributed by atoms with van der Waals surface area (Å²) in [6.07, 6.45) is 0.329. The number of carbonyl (C=O) groups excluding carboxylic acids is 4. The van der Waals surface area contributed by atoms with E-state index < -0.39 is 35.5 Å². The van der Waals surface area contributed by atoms with Gasteiger partial charge in [0.1, 0.15) is 11.5 Å². The molecule has 9 nitrogen and oxygen atoms in total.